The molecule has 9 nitrogen and oxygen atoms in total. The fourth-order valence-corrected chi connectivity index (χ4v) is 4.07. The second-order valence-corrected chi connectivity index (χ2v) is 8.65. The Morgan fingerprint density at radius 3 is 2.67 bits per heavy atom. The molecule has 0 spiro atoms. The highest BCUT2D eigenvalue weighted by Gasteiger charge is 2.17. The van der Waals surface area contributed by atoms with Gasteiger partial charge in [0.2, 0.25) is 11.9 Å². The lowest BCUT2D eigenvalue weighted by Crippen LogP contribution is -2.22. The van der Waals surface area contributed by atoms with Crippen molar-refractivity contribution in [2.24, 2.45) is 0 Å². The van der Waals surface area contributed by atoms with Gasteiger partial charge < -0.3 is 5.32 Å². The van der Waals surface area contributed by atoms with Crippen molar-refractivity contribution in [3.05, 3.63) is 89.9 Å². The molecule has 5 aromatic rings. The van der Waals surface area contributed by atoms with Crippen molar-refractivity contribution in [1.29, 1.82) is 5.26 Å². The Morgan fingerprint density at radius 2 is 1.86 bits per heavy atom. The summed E-state index contributed by atoms with van der Waals surface area (Å²) < 4.78 is 1.70. The van der Waals surface area contributed by atoms with E-state index in [1.807, 2.05) is 79.5 Å². The molecule has 1 atom stereocenters. The van der Waals surface area contributed by atoms with Crippen LogP contribution >= 0.6 is 0 Å². The maximum atomic E-state index is 9.17. The van der Waals surface area contributed by atoms with Gasteiger partial charge in [-0.05, 0) is 38.0 Å². The molecule has 0 bridgehead atoms. The Morgan fingerprint density at radius 1 is 1.03 bits per heavy atom. The third-order valence-corrected chi connectivity index (χ3v) is 5.78. The van der Waals surface area contributed by atoms with E-state index in [0.29, 0.717) is 28.9 Å². The van der Waals surface area contributed by atoms with Crippen LogP contribution in [-0.4, -0.2) is 42.6 Å². The highest BCUT2D eigenvalue weighted by Crippen LogP contribution is 2.26. The lowest BCUT2D eigenvalue weighted by atomic mass is 10.0. The van der Waals surface area contributed by atoms with Gasteiger partial charge in [0.05, 0.1) is 17.3 Å². The molecule has 0 amide bonds. The molecular formula is C27H25N9. The number of benzene rings is 2. The Balaban J connectivity index is 1.44. The minimum absolute atomic E-state index is 0.0560. The van der Waals surface area contributed by atoms with Crippen LogP contribution in [0.2, 0.25) is 0 Å². The molecule has 3 heterocycles. The summed E-state index contributed by atoms with van der Waals surface area (Å²) in [6.07, 6.45) is 2.25. The molecule has 1 N–H and O–H groups in total. The smallest absolute Gasteiger partial charge is 0.234 e. The second kappa shape index (κ2) is 9.80. The monoisotopic (exact) mass is 475 g/mol. The van der Waals surface area contributed by atoms with Crippen molar-refractivity contribution >= 4 is 23.4 Å². The topological polar surface area (TPSA) is 108 Å². The van der Waals surface area contributed by atoms with E-state index in [9.17, 15) is 0 Å². The Labute approximate surface area is 209 Å². The van der Waals surface area contributed by atoms with E-state index in [0.717, 1.165) is 28.9 Å². The van der Waals surface area contributed by atoms with Gasteiger partial charge in [-0.1, -0.05) is 42.5 Å². The van der Waals surface area contributed by atoms with Crippen molar-refractivity contribution in [2.75, 3.05) is 17.3 Å². The van der Waals surface area contributed by atoms with E-state index in [4.69, 9.17) is 15.2 Å². The summed E-state index contributed by atoms with van der Waals surface area (Å²) >= 11 is 0. The predicted octanol–water partition coefficient (Wildman–Crippen LogP) is 4.57. The summed E-state index contributed by atoms with van der Waals surface area (Å²) in [5, 5.41) is 16.9. The SMILES string of the molecule is Cc1cc(N(C)c2nc(-c3ccccc3)cc3ncnn23)nc(N[C@@H](C)Cc2cccc(C#N)c2)n1. The molecule has 0 saturated carbocycles. The van der Waals surface area contributed by atoms with E-state index < -0.39 is 0 Å². The van der Waals surface area contributed by atoms with Crippen LogP contribution in [0, 0.1) is 18.3 Å². The maximum absolute atomic E-state index is 9.17. The van der Waals surface area contributed by atoms with Crippen LogP contribution in [-0.2, 0) is 6.42 Å². The van der Waals surface area contributed by atoms with Gasteiger partial charge in [-0.3, -0.25) is 4.90 Å². The minimum Gasteiger partial charge on any atom is -0.351 e. The number of hydrogen-bond donors (Lipinski definition) is 1. The van der Waals surface area contributed by atoms with Crippen LogP contribution in [0.4, 0.5) is 17.7 Å². The van der Waals surface area contributed by atoms with Crippen LogP contribution in [0.5, 0.6) is 0 Å². The van der Waals surface area contributed by atoms with Crippen LogP contribution < -0.4 is 10.2 Å². The molecule has 2 aromatic carbocycles. The number of aryl methyl sites for hydroxylation is 1. The zero-order chi connectivity index (χ0) is 25.1. The van der Waals surface area contributed by atoms with Gasteiger partial charge in [0.1, 0.15) is 12.1 Å². The number of nitrogens with zero attached hydrogens (tertiary/aromatic N) is 8. The Hall–Kier alpha value is -4.84. The zero-order valence-electron chi connectivity index (χ0n) is 20.3. The van der Waals surface area contributed by atoms with Crippen molar-refractivity contribution < 1.29 is 0 Å². The van der Waals surface area contributed by atoms with E-state index in [1.165, 1.54) is 6.33 Å². The highest BCUT2D eigenvalue weighted by molar-refractivity contribution is 5.67. The fourth-order valence-electron chi connectivity index (χ4n) is 4.07. The van der Waals surface area contributed by atoms with E-state index >= 15 is 0 Å². The first-order valence-corrected chi connectivity index (χ1v) is 11.6. The van der Waals surface area contributed by atoms with Gasteiger partial charge in [-0.2, -0.15) is 19.9 Å². The molecular weight excluding hydrogens is 450 g/mol. The largest absolute Gasteiger partial charge is 0.351 e. The molecule has 9 heteroatoms. The molecule has 0 saturated heterocycles. The maximum Gasteiger partial charge on any atom is 0.234 e. The Kier molecular flexibility index (Phi) is 6.24. The normalized spacial score (nSPS) is 11.7. The zero-order valence-corrected chi connectivity index (χ0v) is 20.3. The highest BCUT2D eigenvalue weighted by atomic mass is 15.4. The molecule has 3 aromatic heterocycles. The first-order chi connectivity index (χ1) is 17.5. The molecule has 178 valence electrons. The molecule has 36 heavy (non-hydrogen) atoms. The summed E-state index contributed by atoms with van der Waals surface area (Å²) in [6.45, 7) is 4.00. The summed E-state index contributed by atoms with van der Waals surface area (Å²) in [5.74, 6) is 1.79. The summed E-state index contributed by atoms with van der Waals surface area (Å²) in [7, 11) is 1.90. The molecule has 0 unspecified atom stereocenters. The summed E-state index contributed by atoms with van der Waals surface area (Å²) in [4.78, 5) is 20.5. The van der Waals surface area contributed by atoms with Crippen LogP contribution in [0.1, 0.15) is 23.7 Å². The molecule has 0 aliphatic rings. The van der Waals surface area contributed by atoms with Crippen molar-refractivity contribution in [3.63, 3.8) is 0 Å². The number of fused-ring (bicyclic) bond motifs is 1. The average molecular weight is 476 g/mol. The van der Waals surface area contributed by atoms with Crippen LogP contribution in [0.3, 0.4) is 0 Å². The van der Waals surface area contributed by atoms with Gasteiger partial charge in [0, 0.05) is 36.5 Å². The number of hydrogen-bond acceptors (Lipinski definition) is 8. The second-order valence-electron chi connectivity index (χ2n) is 8.65. The average Bonchev–Trinajstić information content (AvgIpc) is 3.37. The lowest BCUT2D eigenvalue weighted by molar-refractivity contribution is 0.774. The Bertz CT molecular complexity index is 1550. The number of nitriles is 1. The van der Waals surface area contributed by atoms with Crippen molar-refractivity contribution in [3.8, 4) is 17.3 Å². The van der Waals surface area contributed by atoms with Crippen molar-refractivity contribution in [1.82, 2.24) is 29.5 Å². The van der Waals surface area contributed by atoms with E-state index in [1.54, 1.807) is 10.6 Å². The number of rotatable bonds is 7. The molecule has 0 radical (unpaired) electrons. The summed E-state index contributed by atoms with van der Waals surface area (Å²) in [6, 6.07) is 23.7. The third kappa shape index (κ3) is 4.83. The van der Waals surface area contributed by atoms with Gasteiger partial charge in [0.25, 0.3) is 0 Å². The third-order valence-electron chi connectivity index (χ3n) is 5.78. The first-order valence-electron chi connectivity index (χ1n) is 11.6. The molecule has 0 aliphatic carbocycles. The number of nitrogens with one attached hydrogen (secondary N) is 1. The lowest BCUT2D eigenvalue weighted by Gasteiger charge is -2.21. The van der Waals surface area contributed by atoms with E-state index in [-0.39, 0.29) is 6.04 Å². The first kappa shape index (κ1) is 22.9. The minimum atomic E-state index is 0.0560. The van der Waals surface area contributed by atoms with Crippen LogP contribution in [0.15, 0.2) is 73.1 Å². The fraction of sp³-hybridized carbons (Fsp3) is 0.185. The van der Waals surface area contributed by atoms with Gasteiger partial charge in [-0.15, -0.1) is 0 Å². The number of anilines is 3. The van der Waals surface area contributed by atoms with Gasteiger partial charge in [0.15, 0.2) is 5.65 Å². The van der Waals surface area contributed by atoms with Crippen molar-refractivity contribution in [2.45, 2.75) is 26.3 Å². The molecule has 5 rings (SSSR count). The van der Waals surface area contributed by atoms with Gasteiger partial charge in [-0.25, -0.2) is 15.0 Å². The molecule has 0 aliphatic heterocycles. The predicted molar refractivity (Wildman–Crippen MR) is 139 cm³/mol. The number of aromatic nitrogens is 6. The van der Waals surface area contributed by atoms with Gasteiger partial charge >= 0.3 is 0 Å². The summed E-state index contributed by atoms with van der Waals surface area (Å²) in [5.41, 5.74) is 5.04. The molecule has 0 fully saturated rings. The quantitative estimate of drug-likeness (QED) is 0.365. The standard InChI is InChI=1S/C27H25N9/c1-18(12-20-8-7-9-21(14-20)16-28)31-26-32-19(2)13-25(34-26)35(3)27-33-23(22-10-5-4-6-11-22)15-24-29-17-30-36(24)27/h4-11,13-15,17-18H,12H2,1-3H3,(H,31,32,34)/t18-/m0/s1. The van der Waals surface area contributed by atoms with E-state index in [2.05, 4.69) is 33.4 Å². The van der Waals surface area contributed by atoms with Crippen LogP contribution in [0.25, 0.3) is 16.9 Å².